The monoisotopic (exact) mass is 242 g/mol. The summed E-state index contributed by atoms with van der Waals surface area (Å²) in [4.78, 5) is 24.2. The number of carboxylic acid groups (broad SMARTS) is 1. The molecular formula is C12H22N2O3. The van der Waals surface area contributed by atoms with Crippen molar-refractivity contribution in [3.05, 3.63) is 0 Å². The van der Waals surface area contributed by atoms with Gasteiger partial charge in [-0.15, -0.1) is 0 Å². The lowest BCUT2D eigenvalue weighted by Crippen LogP contribution is -2.50. The number of hydrogen-bond donors (Lipinski definition) is 2. The van der Waals surface area contributed by atoms with E-state index in [4.69, 9.17) is 5.11 Å². The number of urea groups is 1. The van der Waals surface area contributed by atoms with Gasteiger partial charge >= 0.3 is 12.0 Å². The SMILES string of the molecule is CCC(C)(C)NC(=O)N(CCC(=O)O)C1CC1. The van der Waals surface area contributed by atoms with Gasteiger partial charge in [-0.05, 0) is 33.1 Å². The lowest BCUT2D eigenvalue weighted by molar-refractivity contribution is -0.137. The van der Waals surface area contributed by atoms with Crippen molar-refractivity contribution in [1.29, 1.82) is 0 Å². The number of aliphatic carboxylic acids is 1. The first kappa shape index (κ1) is 13.8. The fraction of sp³-hybridized carbons (Fsp3) is 0.833. The predicted octanol–water partition coefficient (Wildman–Crippen LogP) is 1.82. The fourth-order valence-corrected chi connectivity index (χ4v) is 1.50. The Labute approximate surface area is 102 Å². The van der Waals surface area contributed by atoms with Gasteiger partial charge in [0.1, 0.15) is 0 Å². The average molecular weight is 242 g/mol. The Hall–Kier alpha value is -1.26. The molecule has 0 bridgehead atoms. The highest BCUT2D eigenvalue weighted by molar-refractivity contribution is 5.76. The maximum absolute atomic E-state index is 12.0. The zero-order valence-electron chi connectivity index (χ0n) is 10.8. The number of nitrogens with one attached hydrogen (secondary N) is 1. The van der Waals surface area contributed by atoms with E-state index in [0.717, 1.165) is 19.3 Å². The maximum Gasteiger partial charge on any atom is 0.318 e. The molecule has 1 saturated carbocycles. The van der Waals surface area contributed by atoms with Crippen LogP contribution < -0.4 is 5.32 Å². The van der Waals surface area contributed by atoms with E-state index in [1.807, 2.05) is 20.8 Å². The normalized spacial score (nSPS) is 15.5. The van der Waals surface area contributed by atoms with Crippen LogP contribution in [0.25, 0.3) is 0 Å². The standard InChI is InChI=1S/C12H22N2O3/c1-4-12(2,3)13-11(17)14(9-5-6-9)8-7-10(15)16/h9H,4-8H2,1-3H3,(H,13,17)(H,15,16). The zero-order valence-corrected chi connectivity index (χ0v) is 10.8. The minimum absolute atomic E-state index is 0.0104. The van der Waals surface area contributed by atoms with Crippen LogP contribution in [0.3, 0.4) is 0 Å². The van der Waals surface area contributed by atoms with Gasteiger partial charge in [0.05, 0.1) is 6.42 Å². The Morgan fingerprint density at radius 2 is 2.00 bits per heavy atom. The Morgan fingerprint density at radius 3 is 2.41 bits per heavy atom. The first-order valence-electron chi connectivity index (χ1n) is 6.16. The van der Waals surface area contributed by atoms with Crippen molar-refractivity contribution in [3.8, 4) is 0 Å². The van der Waals surface area contributed by atoms with Gasteiger partial charge in [0, 0.05) is 18.1 Å². The molecule has 0 spiro atoms. The molecule has 0 saturated heterocycles. The highest BCUT2D eigenvalue weighted by Crippen LogP contribution is 2.27. The first-order valence-corrected chi connectivity index (χ1v) is 6.16. The molecule has 0 aromatic rings. The molecule has 17 heavy (non-hydrogen) atoms. The van der Waals surface area contributed by atoms with E-state index >= 15 is 0 Å². The molecule has 5 heteroatoms. The molecule has 2 amide bonds. The lowest BCUT2D eigenvalue weighted by atomic mass is 10.0. The summed E-state index contributed by atoms with van der Waals surface area (Å²) in [5.41, 5.74) is -0.243. The molecule has 0 aliphatic heterocycles. The average Bonchev–Trinajstić information content (AvgIpc) is 3.01. The van der Waals surface area contributed by atoms with Crippen LogP contribution >= 0.6 is 0 Å². The molecule has 0 unspecified atom stereocenters. The minimum Gasteiger partial charge on any atom is -0.481 e. The second-order valence-electron chi connectivity index (χ2n) is 5.24. The maximum atomic E-state index is 12.0. The van der Waals surface area contributed by atoms with Crippen LogP contribution in [0.5, 0.6) is 0 Å². The Bertz CT molecular complexity index is 298. The minimum atomic E-state index is -0.863. The van der Waals surface area contributed by atoms with Crippen molar-refractivity contribution in [1.82, 2.24) is 10.2 Å². The van der Waals surface area contributed by atoms with E-state index in [0.29, 0.717) is 6.54 Å². The summed E-state index contributed by atoms with van der Waals surface area (Å²) < 4.78 is 0. The molecule has 1 fully saturated rings. The van der Waals surface area contributed by atoms with Gasteiger partial charge in [0.15, 0.2) is 0 Å². The number of amides is 2. The van der Waals surface area contributed by atoms with Gasteiger partial charge in [-0.3, -0.25) is 4.79 Å². The van der Waals surface area contributed by atoms with E-state index in [1.54, 1.807) is 4.90 Å². The van der Waals surface area contributed by atoms with Gasteiger partial charge in [-0.2, -0.15) is 0 Å². The summed E-state index contributed by atoms with van der Waals surface area (Å²) >= 11 is 0. The Kier molecular flexibility index (Phi) is 4.37. The van der Waals surface area contributed by atoms with Crippen molar-refractivity contribution < 1.29 is 14.7 Å². The second-order valence-corrected chi connectivity index (χ2v) is 5.24. The molecule has 1 aliphatic rings. The van der Waals surface area contributed by atoms with Crippen LogP contribution in [0, 0.1) is 0 Å². The summed E-state index contributed by atoms with van der Waals surface area (Å²) in [6.07, 6.45) is 2.83. The molecule has 0 heterocycles. The third-order valence-corrected chi connectivity index (χ3v) is 3.14. The number of rotatable bonds is 6. The summed E-state index contributed by atoms with van der Waals surface area (Å²) in [6.45, 7) is 6.24. The number of carboxylic acids is 1. The van der Waals surface area contributed by atoms with E-state index in [9.17, 15) is 9.59 Å². The van der Waals surface area contributed by atoms with E-state index in [-0.39, 0.29) is 24.0 Å². The van der Waals surface area contributed by atoms with Gasteiger partial charge in [0.2, 0.25) is 0 Å². The van der Waals surface area contributed by atoms with Gasteiger partial charge in [0.25, 0.3) is 0 Å². The Morgan fingerprint density at radius 1 is 1.41 bits per heavy atom. The highest BCUT2D eigenvalue weighted by atomic mass is 16.4. The van der Waals surface area contributed by atoms with E-state index in [2.05, 4.69) is 5.32 Å². The van der Waals surface area contributed by atoms with Crippen LogP contribution in [0.2, 0.25) is 0 Å². The van der Waals surface area contributed by atoms with Crippen molar-refractivity contribution >= 4 is 12.0 Å². The van der Waals surface area contributed by atoms with Crippen molar-refractivity contribution in [3.63, 3.8) is 0 Å². The third-order valence-electron chi connectivity index (χ3n) is 3.14. The third kappa shape index (κ3) is 4.63. The van der Waals surface area contributed by atoms with Gasteiger partial charge in [-0.1, -0.05) is 6.92 Å². The number of carbonyl (C=O) groups is 2. The lowest BCUT2D eigenvalue weighted by Gasteiger charge is -2.30. The Balaban J connectivity index is 2.52. The topological polar surface area (TPSA) is 69.6 Å². The molecule has 5 nitrogen and oxygen atoms in total. The van der Waals surface area contributed by atoms with Crippen LogP contribution in [0.15, 0.2) is 0 Å². The summed E-state index contributed by atoms with van der Waals surface area (Å²) in [5, 5.41) is 11.6. The zero-order chi connectivity index (χ0) is 13.1. The second kappa shape index (κ2) is 5.38. The number of hydrogen-bond acceptors (Lipinski definition) is 2. The summed E-state index contributed by atoms with van der Waals surface area (Å²) in [7, 11) is 0. The smallest absolute Gasteiger partial charge is 0.318 e. The van der Waals surface area contributed by atoms with Crippen LogP contribution in [-0.2, 0) is 4.79 Å². The largest absolute Gasteiger partial charge is 0.481 e. The van der Waals surface area contributed by atoms with Crippen LogP contribution in [0.4, 0.5) is 4.79 Å². The molecule has 0 radical (unpaired) electrons. The molecule has 98 valence electrons. The number of nitrogens with zero attached hydrogens (tertiary/aromatic N) is 1. The van der Waals surface area contributed by atoms with Gasteiger partial charge in [-0.25, -0.2) is 4.79 Å². The molecule has 2 N–H and O–H groups in total. The molecular weight excluding hydrogens is 220 g/mol. The van der Waals surface area contributed by atoms with Crippen molar-refractivity contribution in [2.24, 2.45) is 0 Å². The molecule has 1 rings (SSSR count). The highest BCUT2D eigenvalue weighted by Gasteiger charge is 2.34. The van der Waals surface area contributed by atoms with Gasteiger partial charge < -0.3 is 15.3 Å². The molecule has 1 aliphatic carbocycles. The summed E-state index contributed by atoms with van der Waals surface area (Å²) in [6, 6.07) is 0.0996. The van der Waals surface area contributed by atoms with E-state index < -0.39 is 5.97 Å². The van der Waals surface area contributed by atoms with Crippen molar-refractivity contribution in [2.75, 3.05) is 6.54 Å². The molecule has 0 aromatic heterocycles. The fourth-order valence-electron chi connectivity index (χ4n) is 1.50. The summed E-state index contributed by atoms with van der Waals surface area (Å²) in [5.74, 6) is -0.863. The quantitative estimate of drug-likeness (QED) is 0.746. The van der Waals surface area contributed by atoms with Crippen molar-refractivity contribution in [2.45, 2.75) is 58.0 Å². The predicted molar refractivity (Wildman–Crippen MR) is 64.9 cm³/mol. The van der Waals surface area contributed by atoms with Crippen LogP contribution in [-0.4, -0.2) is 40.1 Å². The van der Waals surface area contributed by atoms with E-state index in [1.165, 1.54) is 0 Å². The number of carbonyl (C=O) groups excluding carboxylic acids is 1. The van der Waals surface area contributed by atoms with Crippen LogP contribution in [0.1, 0.15) is 46.5 Å². The first-order chi connectivity index (χ1) is 7.85. The molecule has 0 aromatic carbocycles. The molecule has 0 atom stereocenters.